The Hall–Kier alpha value is -2.63. The lowest BCUT2D eigenvalue weighted by Gasteiger charge is -2.35. The standard InChI is InChI=1S/C23H24N4O4S3.C4H10/c1-34(30,31)18-4-5-19(16-2-3-16)20(14-18)22(28)26-10-12-27(13-11-26)23-25-15-21(32-23)33(29)17-6-8-24-9-7-17;1-4(2)3/h4-9,14-16H,2-3,10-13H2,1H3;4H,1-3H3. The van der Waals surface area contributed by atoms with Crippen molar-refractivity contribution in [2.24, 2.45) is 5.92 Å². The monoisotopic (exact) mass is 574 g/mol. The van der Waals surface area contributed by atoms with E-state index in [1.165, 1.54) is 11.3 Å². The van der Waals surface area contributed by atoms with Gasteiger partial charge in [0.1, 0.15) is 4.21 Å². The molecule has 3 heterocycles. The minimum absolute atomic E-state index is 0.120. The molecule has 8 nitrogen and oxygen atoms in total. The van der Waals surface area contributed by atoms with E-state index >= 15 is 0 Å². The number of aromatic nitrogens is 2. The maximum absolute atomic E-state index is 13.4. The van der Waals surface area contributed by atoms with Gasteiger partial charge in [-0.3, -0.25) is 9.78 Å². The third-order valence-electron chi connectivity index (χ3n) is 6.06. The largest absolute Gasteiger partial charge is 0.345 e. The number of thiazole rings is 1. The lowest BCUT2D eigenvalue weighted by atomic mass is 10.0. The van der Waals surface area contributed by atoms with Gasteiger partial charge in [-0.1, -0.05) is 38.2 Å². The number of nitrogens with zero attached hydrogens (tertiary/aromatic N) is 4. The van der Waals surface area contributed by atoms with E-state index in [9.17, 15) is 17.4 Å². The number of carbonyl (C=O) groups is 1. The van der Waals surface area contributed by atoms with Crippen LogP contribution in [0.2, 0.25) is 0 Å². The first-order valence-corrected chi connectivity index (χ1v) is 16.6. The summed E-state index contributed by atoms with van der Waals surface area (Å²) in [6.07, 6.45) is 8.10. The van der Waals surface area contributed by atoms with Crippen molar-refractivity contribution in [1.29, 1.82) is 0 Å². The van der Waals surface area contributed by atoms with Crippen LogP contribution in [-0.4, -0.2) is 65.8 Å². The van der Waals surface area contributed by atoms with Gasteiger partial charge in [-0.25, -0.2) is 17.6 Å². The van der Waals surface area contributed by atoms with Crippen LogP contribution in [0.15, 0.2) is 62.9 Å². The summed E-state index contributed by atoms with van der Waals surface area (Å²) in [4.78, 5) is 26.5. The van der Waals surface area contributed by atoms with E-state index in [1.54, 1.807) is 53.8 Å². The molecule has 0 bridgehead atoms. The fourth-order valence-electron chi connectivity index (χ4n) is 4.03. The molecular weight excluding hydrogens is 541 g/mol. The molecule has 0 N–H and O–H groups in total. The molecule has 11 heteroatoms. The molecule has 2 fully saturated rings. The van der Waals surface area contributed by atoms with E-state index in [4.69, 9.17) is 0 Å². The van der Waals surface area contributed by atoms with Crippen molar-refractivity contribution >= 4 is 43.0 Å². The summed E-state index contributed by atoms with van der Waals surface area (Å²) in [5.74, 6) is 1.05. The summed E-state index contributed by atoms with van der Waals surface area (Å²) in [5.41, 5.74) is 1.45. The molecule has 1 aliphatic heterocycles. The van der Waals surface area contributed by atoms with Crippen molar-refractivity contribution < 1.29 is 17.4 Å². The summed E-state index contributed by atoms with van der Waals surface area (Å²) in [5, 5.41) is 0.780. The van der Waals surface area contributed by atoms with Crippen LogP contribution < -0.4 is 4.90 Å². The number of hydrogen-bond acceptors (Lipinski definition) is 8. The second-order valence-corrected chi connectivity index (χ2v) is 15.0. The highest BCUT2D eigenvalue weighted by Crippen LogP contribution is 2.42. The Bertz CT molecular complexity index is 1390. The van der Waals surface area contributed by atoms with Crippen molar-refractivity contribution in [2.45, 2.75) is 53.5 Å². The lowest BCUT2D eigenvalue weighted by Crippen LogP contribution is -2.49. The van der Waals surface area contributed by atoms with Gasteiger partial charge >= 0.3 is 0 Å². The average Bonchev–Trinajstić information content (AvgIpc) is 3.63. The van der Waals surface area contributed by atoms with Crippen LogP contribution in [0.4, 0.5) is 5.13 Å². The summed E-state index contributed by atoms with van der Waals surface area (Å²) in [6.45, 7) is 8.72. The molecule has 1 saturated carbocycles. The normalized spacial score (nSPS) is 16.7. The second-order valence-electron chi connectivity index (χ2n) is 10.2. The maximum atomic E-state index is 13.4. The molecule has 2 aromatic heterocycles. The smallest absolute Gasteiger partial charge is 0.254 e. The van der Waals surface area contributed by atoms with Crippen LogP contribution in [0.25, 0.3) is 0 Å². The van der Waals surface area contributed by atoms with E-state index in [2.05, 4.69) is 35.6 Å². The second kappa shape index (κ2) is 12.0. The zero-order valence-corrected chi connectivity index (χ0v) is 24.6. The number of hydrogen-bond donors (Lipinski definition) is 0. The van der Waals surface area contributed by atoms with Crippen LogP contribution in [-0.2, 0) is 20.6 Å². The van der Waals surface area contributed by atoms with Gasteiger partial charge < -0.3 is 9.80 Å². The Balaban J connectivity index is 0.000000786. The van der Waals surface area contributed by atoms with E-state index in [1.807, 2.05) is 0 Å². The van der Waals surface area contributed by atoms with Gasteiger partial charge in [0.15, 0.2) is 15.0 Å². The Morgan fingerprint density at radius 3 is 2.26 bits per heavy atom. The minimum Gasteiger partial charge on any atom is -0.345 e. The Morgan fingerprint density at radius 2 is 1.68 bits per heavy atom. The first-order chi connectivity index (χ1) is 18.0. The molecule has 1 unspecified atom stereocenters. The van der Waals surface area contributed by atoms with E-state index in [0.717, 1.165) is 35.7 Å². The number of carbonyl (C=O) groups excluding carboxylic acids is 1. The number of sulfone groups is 1. The molecule has 1 aromatic carbocycles. The number of pyridine rings is 1. The third-order valence-corrected chi connectivity index (χ3v) is 9.90. The van der Waals surface area contributed by atoms with Gasteiger partial charge in [0.25, 0.3) is 5.91 Å². The summed E-state index contributed by atoms with van der Waals surface area (Å²) in [6, 6.07) is 8.41. The number of piperazine rings is 1. The first kappa shape index (κ1) is 28.4. The molecule has 38 heavy (non-hydrogen) atoms. The Kier molecular flexibility index (Phi) is 9.00. The highest BCUT2D eigenvalue weighted by molar-refractivity contribution is 7.90. The van der Waals surface area contributed by atoms with Crippen molar-refractivity contribution in [3.8, 4) is 0 Å². The van der Waals surface area contributed by atoms with Gasteiger partial charge in [0.2, 0.25) is 0 Å². The SMILES string of the molecule is CC(C)C.CS(=O)(=O)c1ccc(C2CC2)c(C(=O)N2CCN(c3ncc(S(=O)c4ccncc4)s3)CC2)c1. The van der Waals surface area contributed by atoms with Gasteiger partial charge in [-0.05, 0) is 54.5 Å². The van der Waals surface area contributed by atoms with Gasteiger partial charge in [0, 0.05) is 55.3 Å². The van der Waals surface area contributed by atoms with Gasteiger partial charge in [-0.2, -0.15) is 0 Å². The fourth-order valence-corrected chi connectivity index (χ4v) is 6.95. The average molecular weight is 575 g/mol. The van der Waals surface area contributed by atoms with Crippen molar-refractivity contribution in [3.05, 3.63) is 60.0 Å². The Labute approximate surface area is 231 Å². The predicted molar refractivity (Wildman–Crippen MR) is 151 cm³/mol. The van der Waals surface area contributed by atoms with E-state index in [0.29, 0.717) is 46.8 Å². The van der Waals surface area contributed by atoms with Crippen LogP contribution >= 0.6 is 11.3 Å². The topological polar surface area (TPSA) is 101 Å². The number of anilines is 1. The van der Waals surface area contributed by atoms with Crippen molar-refractivity contribution in [3.63, 3.8) is 0 Å². The molecule has 204 valence electrons. The van der Waals surface area contributed by atoms with Crippen LogP contribution in [0.3, 0.4) is 0 Å². The molecule has 2 aliphatic rings. The minimum atomic E-state index is -3.40. The molecule has 5 rings (SSSR count). The molecule has 1 atom stereocenters. The van der Waals surface area contributed by atoms with Crippen LogP contribution in [0.5, 0.6) is 0 Å². The van der Waals surface area contributed by atoms with Crippen LogP contribution in [0.1, 0.15) is 55.5 Å². The number of benzene rings is 1. The maximum Gasteiger partial charge on any atom is 0.254 e. The van der Waals surface area contributed by atoms with Crippen molar-refractivity contribution in [2.75, 3.05) is 37.3 Å². The molecule has 0 radical (unpaired) electrons. The molecule has 3 aromatic rings. The predicted octanol–water partition coefficient (Wildman–Crippen LogP) is 4.61. The van der Waals surface area contributed by atoms with Crippen LogP contribution in [0, 0.1) is 5.92 Å². The fraction of sp³-hybridized carbons (Fsp3) is 0.444. The highest BCUT2D eigenvalue weighted by Gasteiger charge is 2.32. The van der Waals surface area contributed by atoms with E-state index in [-0.39, 0.29) is 10.8 Å². The highest BCUT2D eigenvalue weighted by atomic mass is 32.2. The number of rotatable bonds is 6. The third kappa shape index (κ3) is 7.06. The quantitative estimate of drug-likeness (QED) is 0.424. The van der Waals surface area contributed by atoms with Gasteiger partial charge in [0.05, 0.1) is 21.9 Å². The Morgan fingerprint density at radius 1 is 1.05 bits per heavy atom. The summed E-state index contributed by atoms with van der Waals surface area (Å²) < 4.78 is 37.6. The summed E-state index contributed by atoms with van der Waals surface area (Å²) >= 11 is 1.39. The van der Waals surface area contributed by atoms with Gasteiger partial charge in [-0.15, -0.1) is 0 Å². The molecule has 1 amide bonds. The van der Waals surface area contributed by atoms with Crippen molar-refractivity contribution in [1.82, 2.24) is 14.9 Å². The zero-order chi connectivity index (χ0) is 27.4. The molecular formula is C27H34N4O4S3. The van der Waals surface area contributed by atoms with E-state index < -0.39 is 20.6 Å². The first-order valence-electron chi connectivity index (χ1n) is 12.7. The molecule has 1 saturated heterocycles. The zero-order valence-electron chi connectivity index (χ0n) is 22.2. The number of amides is 1. The molecule has 1 aliphatic carbocycles. The lowest BCUT2D eigenvalue weighted by molar-refractivity contribution is 0.0745. The summed E-state index contributed by atoms with van der Waals surface area (Å²) in [7, 11) is -4.70. The molecule has 0 spiro atoms.